The maximum absolute atomic E-state index is 12.5. The first kappa shape index (κ1) is 7.00. The Hall–Kier alpha value is -1.11. The smallest absolute Gasteiger partial charge is 0.123 e. The van der Waals surface area contributed by atoms with Gasteiger partial charge in [0, 0.05) is 0 Å². The molecule has 0 spiro atoms. The second-order valence-corrected chi connectivity index (χ2v) is 2.12. The minimum Gasteiger partial charge on any atom is -0.207 e. The molecule has 0 aliphatic carbocycles. The Morgan fingerprint density at radius 1 is 1.50 bits per heavy atom. The van der Waals surface area contributed by atoms with Crippen LogP contribution in [0.1, 0.15) is 5.56 Å². The van der Waals surface area contributed by atoms with Crippen LogP contribution in [0, 0.1) is 5.82 Å². The van der Waals surface area contributed by atoms with Gasteiger partial charge in [0.25, 0.3) is 0 Å². The summed E-state index contributed by atoms with van der Waals surface area (Å²) in [6.07, 6.45) is 2.49. The van der Waals surface area contributed by atoms with Crippen LogP contribution >= 0.6 is 0 Å². The van der Waals surface area contributed by atoms with Gasteiger partial charge < -0.3 is 0 Å². The molecular weight excluding hydrogens is 127 g/mol. The predicted molar refractivity (Wildman–Crippen MR) is 40.3 cm³/mol. The maximum atomic E-state index is 12.5. The van der Waals surface area contributed by atoms with E-state index in [4.69, 9.17) is 0 Å². The summed E-state index contributed by atoms with van der Waals surface area (Å²) >= 11 is 0. The summed E-state index contributed by atoms with van der Waals surface area (Å²) in [7, 11) is 0. The summed E-state index contributed by atoms with van der Waals surface area (Å²) in [5, 5.41) is 0. The zero-order valence-electron chi connectivity index (χ0n) is 5.68. The van der Waals surface area contributed by atoms with Gasteiger partial charge in [-0.3, -0.25) is 0 Å². The van der Waals surface area contributed by atoms with Crippen molar-refractivity contribution in [2.75, 3.05) is 0 Å². The molecule has 0 radical (unpaired) electrons. The summed E-state index contributed by atoms with van der Waals surface area (Å²) < 4.78 is 12.5. The van der Waals surface area contributed by atoms with Gasteiger partial charge in [-0.05, 0) is 24.1 Å². The third-order valence-electron chi connectivity index (χ3n) is 1.27. The van der Waals surface area contributed by atoms with Crippen LogP contribution in [-0.2, 0) is 6.42 Å². The van der Waals surface area contributed by atoms with E-state index in [1.54, 1.807) is 12.1 Å². The van der Waals surface area contributed by atoms with Gasteiger partial charge in [0.1, 0.15) is 5.82 Å². The lowest BCUT2D eigenvalue weighted by molar-refractivity contribution is 0.626. The monoisotopic (exact) mass is 136 g/mol. The second kappa shape index (κ2) is 3.16. The molecule has 0 saturated heterocycles. The van der Waals surface area contributed by atoms with Crippen molar-refractivity contribution in [2.24, 2.45) is 0 Å². The number of benzene rings is 1. The van der Waals surface area contributed by atoms with Crippen LogP contribution in [0.4, 0.5) is 4.39 Å². The molecule has 0 unspecified atom stereocenters. The van der Waals surface area contributed by atoms with Crippen molar-refractivity contribution >= 4 is 0 Å². The van der Waals surface area contributed by atoms with Gasteiger partial charge in [0.2, 0.25) is 0 Å². The molecule has 0 N–H and O–H groups in total. The third-order valence-corrected chi connectivity index (χ3v) is 1.27. The quantitative estimate of drug-likeness (QED) is 0.548. The predicted octanol–water partition coefficient (Wildman–Crippen LogP) is 2.55. The molecule has 52 valence electrons. The zero-order valence-corrected chi connectivity index (χ0v) is 5.68. The van der Waals surface area contributed by atoms with Gasteiger partial charge in [-0.1, -0.05) is 18.2 Å². The Bertz CT molecular complexity index is 228. The number of hydrogen-bond acceptors (Lipinski definition) is 0. The van der Waals surface area contributed by atoms with E-state index >= 15 is 0 Å². The van der Waals surface area contributed by atoms with E-state index in [2.05, 4.69) is 6.58 Å². The molecule has 0 aromatic heterocycles. The van der Waals surface area contributed by atoms with Gasteiger partial charge in [0.15, 0.2) is 0 Å². The SMILES string of the molecule is C=CCc1cccc(F)c1. The number of hydrogen-bond donors (Lipinski definition) is 0. The first-order valence-corrected chi connectivity index (χ1v) is 3.18. The largest absolute Gasteiger partial charge is 0.207 e. The van der Waals surface area contributed by atoms with E-state index in [9.17, 15) is 4.39 Å². The van der Waals surface area contributed by atoms with Crippen molar-refractivity contribution in [1.82, 2.24) is 0 Å². The first-order valence-electron chi connectivity index (χ1n) is 3.18. The van der Waals surface area contributed by atoms with Crippen molar-refractivity contribution in [3.63, 3.8) is 0 Å². The van der Waals surface area contributed by atoms with Gasteiger partial charge >= 0.3 is 0 Å². The molecule has 0 amide bonds. The van der Waals surface area contributed by atoms with E-state index in [0.717, 1.165) is 12.0 Å². The van der Waals surface area contributed by atoms with E-state index in [1.807, 2.05) is 6.07 Å². The number of rotatable bonds is 2. The molecule has 0 fully saturated rings. The van der Waals surface area contributed by atoms with E-state index in [1.165, 1.54) is 12.1 Å². The molecule has 0 saturated carbocycles. The summed E-state index contributed by atoms with van der Waals surface area (Å²) in [6.45, 7) is 3.56. The van der Waals surface area contributed by atoms with Crippen LogP contribution < -0.4 is 0 Å². The Labute approximate surface area is 60.0 Å². The molecular formula is C9H9F. The minimum absolute atomic E-state index is 0.181. The Morgan fingerprint density at radius 2 is 2.30 bits per heavy atom. The fourth-order valence-corrected chi connectivity index (χ4v) is 0.831. The van der Waals surface area contributed by atoms with E-state index < -0.39 is 0 Å². The Morgan fingerprint density at radius 3 is 2.90 bits per heavy atom. The van der Waals surface area contributed by atoms with Crippen LogP contribution in [0.25, 0.3) is 0 Å². The van der Waals surface area contributed by atoms with E-state index in [0.29, 0.717) is 0 Å². The minimum atomic E-state index is -0.181. The molecule has 1 aromatic carbocycles. The molecule has 0 bridgehead atoms. The molecule has 1 rings (SSSR count). The van der Waals surface area contributed by atoms with Crippen LogP contribution in [0.5, 0.6) is 0 Å². The van der Waals surface area contributed by atoms with Gasteiger partial charge in [0.05, 0.1) is 0 Å². The van der Waals surface area contributed by atoms with Gasteiger partial charge in [-0.2, -0.15) is 0 Å². The van der Waals surface area contributed by atoms with Crippen LogP contribution in [-0.4, -0.2) is 0 Å². The fraction of sp³-hybridized carbons (Fsp3) is 0.111. The van der Waals surface area contributed by atoms with Crippen molar-refractivity contribution in [1.29, 1.82) is 0 Å². The molecule has 10 heavy (non-hydrogen) atoms. The summed E-state index contributed by atoms with van der Waals surface area (Å²) in [6, 6.07) is 6.53. The normalized spacial score (nSPS) is 9.30. The highest BCUT2D eigenvalue weighted by molar-refractivity contribution is 5.18. The average Bonchev–Trinajstić information content (AvgIpc) is 1.88. The van der Waals surface area contributed by atoms with Crippen molar-refractivity contribution in [2.45, 2.75) is 6.42 Å². The zero-order chi connectivity index (χ0) is 7.40. The Kier molecular flexibility index (Phi) is 2.21. The molecule has 1 heteroatoms. The van der Waals surface area contributed by atoms with Gasteiger partial charge in [-0.25, -0.2) is 4.39 Å². The topological polar surface area (TPSA) is 0 Å². The van der Waals surface area contributed by atoms with Gasteiger partial charge in [-0.15, -0.1) is 6.58 Å². The molecule has 0 heterocycles. The molecule has 0 nitrogen and oxygen atoms in total. The fourth-order valence-electron chi connectivity index (χ4n) is 0.831. The maximum Gasteiger partial charge on any atom is 0.123 e. The lowest BCUT2D eigenvalue weighted by atomic mass is 10.1. The second-order valence-electron chi connectivity index (χ2n) is 2.12. The van der Waals surface area contributed by atoms with Crippen LogP contribution in [0.15, 0.2) is 36.9 Å². The average molecular weight is 136 g/mol. The van der Waals surface area contributed by atoms with Crippen molar-refractivity contribution in [3.8, 4) is 0 Å². The number of allylic oxidation sites excluding steroid dienone is 1. The summed E-state index contributed by atoms with van der Waals surface area (Å²) in [5.74, 6) is -0.181. The van der Waals surface area contributed by atoms with Crippen LogP contribution in [0.2, 0.25) is 0 Å². The van der Waals surface area contributed by atoms with Crippen molar-refractivity contribution < 1.29 is 4.39 Å². The lowest BCUT2D eigenvalue weighted by Crippen LogP contribution is -1.80. The van der Waals surface area contributed by atoms with E-state index in [-0.39, 0.29) is 5.82 Å². The third kappa shape index (κ3) is 1.69. The van der Waals surface area contributed by atoms with Crippen molar-refractivity contribution in [3.05, 3.63) is 48.3 Å². The summed E-state index contributed by atoms with van der Waals surface area (Å²) in [5.41, 5.74) is 0.968. The highest BCUT2D eigenvalue weighted by Gasteiger charge is 1.90. The molecule has 0 aliphatic rings. The highest BCUT2D eigenvalue weighted by atomic mass is 19.1. The lowest BCUT2D eigenvalue weighted by Gasteiger charge is -1.93. The molecule has 0 atom stereocenters. The Balaban J connectivity index is 2.84. The molecule has 0 aliphatic heterocycles. The van der Waals surface area contributed by atoms with Crippen LogP contribution in [0.3, 0.4) is 0 Å². The standard InChI is InChI=1S/C9H9F/c1-2-4-8-5-3-6-9(10)7-8/h2-3,5-7H,1,4H2. The first-order chi connectivity index (χ1) is 4.83. The summed E-state index contributed by atoms with van der Waals surface area (Å²) in [4.78, 5) is 0. The number of halogens is 1. The highest BCUT2D eigenvalue weighted by Crippen LogP contribution is 2.03. The molecule has 1 aromatic rings.